The van der Waals surface area contributed by atoms with Gasteiger partial charge in [-0.1, -0.05) is 66.2 Å². The zero-order valence-corrected chi connectivity index (χ0v) is 23.1. The summed E-state index contributed by atoms with van der Waals surface area (Å²) in [6.07, 6.45) is 1.66. The third kappa shape index (κ3) is 6.30. The average Bonchev–Trinajstić information content (AvgIpc) is 3.20. The number of anilines is 1. The van der Waals surface area contributed by atoms with Crippen LogP contribution < -0.4 is 14.8 Å². The molecule has 0 unspecified atom stereocenters. The Morgan fingerprint density at radius 3 is 2.58 bits per heavy atom. The summed E-state index contributed by atoms with van der Waals surface area (Å²) in [4.78, 5) is 39.9. The first-order valence-corrected chi connectivity index (χ1v) is 13.8. The van der Waals surface area contributed by atoms with Crippen LogP contribution in [0, 0.1) is 0 Å². The first-order chi connectivity index (χ1) is 19.4. The number of imide groups is 1. The number of ether oxygens (including phenoxy) is 2. The Kier molecular flexibility index (Phi) is 8.38. The van der Waals surface area contributed by atoms with E-state index < -0.39 is 0 Å². The molecule has 1 saturated heterocycles. The molecule has 202 valence electrons. The second-order valence-corrected chi connectivity index (χ2v) is 10.3. The molecule has 1 aliphatic heterocycles. The molecule has 3 amide bonds. The number of thioether (sulfide) groups is 1. The zero-order chi connectivity index (χ0) is 28.1. The van der Waals surface area contributed by atoms with Crippen LogP contribution in [-0.2, 0) is 16.1 Å². The van der Waals surface area contributed by atoms with Crippen LogP contribution in [0.2, 0.25) is 5.02 Å². The number of rotatable bonds is 9. The van der Waals surface area contributed by atoms with Gasteiger partial charge in [-0.3, -0.25) is 19.3 Å². The first kappa shape index (κ1) is 27.3. The van der Waals surface area contributed by atoms with Crippen LogP contribution in [0.3, 0.4) is 0 Å². The minimum Gasteiger partial charge on any atom is -0.490 e. The Bertz CT molecular complexity index is 1630. The van der Waals surface area contributed by atoms with Crippen molar-refractivity contribution >= 4 is 63.0 Å². The number of carbonyl (C=O) groups is 3. The fourth-order valence-electron chi connectivity index (χ4n) is 4.30. The third-order valence-corrected chi connectivity index (χ3v) is 7.26. The molecule has 1 aliphatic rings. The van der Waals surface area contributed by atoms with Crippen molar-refractivity contribution in [1.82, 2.24) is 4.90 Å². The van der Waals surface area contributed by atoms with Crippen molar-refractivity contribution in [1.29, 1.82) is 0 Å². The van der Waals surface area contributed by atoms with Gasteiger partial charge >= 0.3 is 0 Å². The van der Waals surface area contributed by atoms with Gasteiger partial charge in [0, 0.05) is 10.7 Å². The molecule has 0 atom stereocenters. The molecular formula is C31H25ClN2O5S. The molecule has 1 N–H and O–H groups in total. The molecule has 4 aromatic rings. The van der Waals surface area contributed by atoms with Crippen molar-refractivity contribution in [3.8, 4) is 11.5 Å². The molecule has 7 nitrogen and oxygen atoms in total. The Labute approximate surface area is 240 Å². The number of amides is 3. The number of carbonyl (C=O) groups excluding carboxylic acids is 3. The Morgan fingerprint density at radius 1 is 0.950 bits per heavy atom. The fourth-order valence-corrected chi connectivity index (χ4v) is 5.33. The van der Waals surface area contributed by atoms with Crippen LogP contribution in [0.15, 0.2) is 89.8 Å². The lowest BCUT2D eigenvalue weighted by atomic mass is 10.0. The van der Waals surface area contributed by atoms with E-state index in [0.29, 0.717) is 39.3 Å². The molecule has 1 heterocycles. The van der Waals surface area contributed by atoms with E-state index in [-0.39, 0.29) is 30.2 Å². The molecule has 1 fully saturated rings. The highest BCUT2D eigenvalue weighted by Crippen LogP contribution is 2.36. The van der Waals surface area contributed by atoms with Crippen molar-refractivity contribution in [2.75, 3.05) is 18.5 Å². The lowest BCUT2D eigenvalue weighted by Gasteiger charge is -2.14. The highest BCUT2D eigenvalue weighted by atomic mass is 35.5. The van der Waals surface area contributed by atoms with Gasteiger partial charge in [0.15, 0.2) is 18.1 Å². The van der Waals surface area contributed by atoms with E-state index >= 15 is 0 Å². The number of fused-ring (bicyclic) bond motifs is 1. The number of halogens is 1. The standard InChI is InChI=1S/C31H25ClN2O5S/c1-2-38-27-15-20(13-14-26(27)39-19-29(35)33-24-11-6-10-23(32)17-24)16-28-30(36)34(31(37)40-28)18-22-9-5-8-21-7-3-4-12-25(21)22/h3-17H,2,18-19H2,1H3,(H,33,35)/b28-16+. The second kappa shape index (κ2) is 12.3. The first-order valence-electron chi connectivity index (χ1n) is 12.6. The minimum absolute atomic E-state index is 0.192. The van der Waals surface area contributed by atoms with Gasteiger partial charge in [0.1, 0.15) is 0 Å². The Morgan fingerprint density at radius 2 is 1.75 bits per heavy atom. The van der Waals surface area contributed by atoms with Gasteiger partial charge in [-0.25, -0.2) is 0 Å². The van der Waals surface area contributed by atoms with Crippen LogP contribution in [0.4, 0.5) is 10.5 Å². The van der Waals surface area contributed by atoms with E-state index in [1.165, 1.54) is 4.90 Å². The van der Waals surface area contributed by atoms with Crippen LogP contribution >= 0.6 is 23.4 Å². The maximum atomic E-state index is 13.2. The largest absolute Gasteiger partial charge is 0.490 e. The predicted octanol–water partition coefficient (Wildman–Crippen LogP) is 7.15. The molecule has 0 aliphatic carbocycles. The normalized spacial score (nSPS) is 14.2. The molecule has 9 heteroatoms. The highest BCUT2D eigenvalue weighted by molar-refractivity contribution is 8.18. The van der Waals surface area contributed by atoms with E-state index in [0.717, 1.165) is 28.1 Å². The summed E-state index contributed by atoms with van der Waals surface area (Å²) in [5.41, 5.74) is 2.13. The van der Waals surface area contributed by atoms with Gasteiger partial charge < -0.3 is 14.8 Å². The fraction of sp³-hybridized carbons (Fsp3) is 0.129. The van der Waals surface area contributed by atoms with E-state index in [4.69, 9.17) is 21.1 Å². The van der Waals surface area contributed by atoms with Crippen LogP contribution in [-0.4, -0.2) is 35.2 Å². The lowest BCUT2D eigenvalue weighted by Crippen LogP contribution is -2.27. The maximum absolute atomic E-state index is 13.2. The van der Waals surface area contributed by atoms with Crippen molar-refractivity contribution < 1.29 is 23.9 Å². The third-order valence-electron chi connectivity index (χ3n) is 6.11. The molecule has 0 aromatic heterocycles. The SMILES string of the molecule is CCOc1cc(/C=C2/SC(=O)N(Cc3cccc4ccccc34)C2=O)ccc1OCC(=O)Nc1cccc(Cl)c1. The van der Waals surface area contributed by atoms with Crippen molar-refractivity contribution in [3.05, 3.63) is 106 Å². The predicted molar refractivity (Wildman–Crippen MR) is 159 cm³/mol. The second-order valence-electron chi connectivity index (χ2n) is 8.89. The Hall–Kier alpha value is -4.27. The molecule has 0 radical (unpaired) electrons. The maximum Gasteiger partial charge on any atom is 0.293 e. The number of benzene rings is 4. The summed E-state index contributed by atoms with van der Waals surface area (Å²) in [5, 5.41) is 4.98. The summed E-state index contributed by atoms with van der Waals surface area (Å²) < 4.78 is 11.4. The minimum atomic E-state index is -0.353. The van der Waals surface area contributed by atoms with Gasteiger partial charge in [0.2, 0.25) is 0 Å². The van der Waals surface area contributed by atoms with Gasteiger partial charge in [0.25, 0.3) is 17.1 Å². The highest BCUT2D eigenvalue weighted by Gasteiger charge is 2.35. The summed E-state index contributed by atoms with van der Waals surface area (Å²) in [5.74, 6) is 0.0960. The molecule has 0 spiro atoms. The number of nitrogens with zero attached hydrogens (tertiary/aromatic N) is 1. The van der Waals surface area contributed by atoms with Crippen molar-refractivity contribution in [2.45, 2.75) is 13.5 Å². The number of nitrogens with one attached hydrogen (secondary N) is 1. The molecular weight excluding hydrogens is 548 g/mol. The van der Waals surface area contributed by atoms with Crippen LogP contribution in [0.1, 0.15) is 18.1 Å². The van der Waals surface area contributed by atoms with E-state index in [1.54, 1.807) is 48.5 Å². The van der Waals surface area contributed by atoms with E-state index in [1.807, 2.05) is 49.4 Å². The van der Waals surface area contributed by atoms with Crippen LogP contribution in [0.25, 0.3) is 16.8 Å². The van der Waals surface area contributed by atoms with Crippen LogP contribution in [0.5, 0.6) is 11.5 Å². The summed E-state index contributed by atoms with van der Waals surface area (Å²) in [6.45, 7) is 2.16. The topological polar surface area (TPSA) is 84.9 Å². The Balaban J connectivity index is 1.29. The molecule has 4 aromatic carbocycles. The molecule has 0 bridgehead atoms. The smallest absolute Gasteiger partial charge is 0.293 e. The number of hydrogen-bond acceptors (Lipinski definition) is 6. The van der Waals surface area contributed by atoms with Crippen molar-refractivity contribution in [3.63, 3.8) is 0 Å². The molecule has 0 saturated carbocycles. The number of hydrogen-bond donors (Lipinski definition) is 1. The van der Waals surface area contributed by atoms with Gasteiger partial charge in [0.05, 0.1) is 18.1 Å². The summed E-state index contributed by atoms with van der Waals surface area (Å²) in [7, 11) is 0. The van der Waals surface area contributed by atoms with Gasteiger partial charge in [-0.2, -0.15) is 0 Å². The van der Waals surface area contributed by atoms with Gasteiger partial charge in [-0.15, -0.1) is 0 Å². The quantitative estimate of drug-likeness (QED) is 0.214. The molecule has 5 rings (SSSR count). The monoisotopic (exact) mass is 572 g/mol. The van der Waals surface area contributed by atoms with E-state index in [2.05, 4.69) is 5.32 Å². The van der Waals surface area contributed by atoms with Gasteiger partial charge in [-0.05, 0) is 77.0 Å². The average molecular weight is 573 g/mol. The van der Waals surface area contributed by atoms with E-state index in [9.17, 15) is 14.4 Å². The zero-order valence-electron chi connectivity index (χ0n) is 21.6. The summed E-state index contributed by atoms with van der Waals surface area (Å²) >= 11 is 6.87. The summed E-state index contributed by atoms with van der Waals surface area (Å²) in [6, 6.07) is 25.7. The molecule has 40 heavy (non-hydrogen) atoms. The van der Waals surface area contributed by atoms with Crippen molar-refractivity contribution in [2.24, 2.45) is 0 Å². The lowest BCUT2D eigenvalue weighted by molar-refractivity contribution is -0.123.